The maximum Gasteiger partial charge on any atom is 0.278 e. The van der Waals surface area contributed by atoms with Crippen LogP contribution in [-0.4, -0.2) is 57.3 Å². The highest BCUT2D eigenvalue weighted by atomic mass is 16.5. The highest BCUT2D eigenvalue weighted by Crippen LogP contribution is 2.37. The van der Waals surface area contributed by atoms with E-state index in [0.717, 1.165) is 0 Å². The van der Waals surface area contributed by atoms with Gasteiger partial charge in [-0.2, -0.15) is 0 Å². The minimum Gasteiger partial charge on any atom is -0.496 e. The zero-order chi connectivity index (χ0) is 23.1. The number of carbonyl (C=O) groups excluding carboxylic acids is 2. The third-order valence-corrected chi connectivity index (χ3v) is 4.88. The summed E-state index contributed by atoms with van der Waals surface area (Å²) in [7, 11) is 3.05. The van der Waals surface area contributed by atoms with Crippen LogP contribution in [0.4, 0.5) is 5.69 Å². The molecule has 1 aliphatic rings. The summed E-state index contributed by atoms with van der Waals surface area (Å²) in [6, 6.07) is 12.4. The van der Waals surface area contributed by atoms with Crippen molar-refractivity contribution < 1.29 is 28.5 Å². The van der Waals surface area contributed by atoms with Gasteiger partial charge in [0.25, 0.3) is 11.8 Å². The summed E-state index contributed by atoms with van der Waals surface area (Å²) in [5.41, 5.74) is 1.54. The van der Waals surface area contributed by atoms with Crippen LogP contribution in [0.3, 0.4) is 0 Å². The Balaban J connectivity index is 2.06. The van der Waals surface area contributed by atoms with E-state index in [0.29, 0.717) is 41.7 Å². The number of hydrogen-bond acceptors (Lipinski definition) is 7. The SMILES string of the molecule is CCOc1ccc(NC2=C(c3ccccc3OC)C(=O)N(CCOC)C2=O)cc1OCC. The standard InChI is InChI=1S/C24H28N2O6/c1-5-31-19-12-11-16(15-20(19)32-6-2)25-22-21(17-9-7-8-10-18(17)30-4)23(27)26(24(22)28)13-14-29-3/h7-12,15,25H,5-6,13-14H2,1-4H3. The second-order valence-electron chi connectivity index (χ2n) is 6.86. The highest BCUT2D eigenvalue weighted by molar-refractivity contribution is 6.37. The first kappa shape index (κ1) is 23.1. The van der Waals surface area contributed by atoms with Crippen LogP contribution < -0.4 is 19.5 Å². The van der Waals surface area contributed by atoms with Crippen molar-refractivity contribution in [3.63, 3.8) is 0 Å². The van der Waals surface area contributed by atoms with Gasteiger partial charge in [-0.25, -0.2) is 0 Å². The number of anilines is 1. The van der Waals surface area contributed by atoms with Gasteiger partial charge >= 0.3 is 0 Å². The van der Waals surface area contributed by atoms with Crippen LogP contribution in [0.2, 0.25) is 0 Å². The average Bonchev–Trinajstić information content (AvgIpc) is 3.03. The van der Waals surface area contributed by atoms with Crippen LogP contribution in [0.15, 0.2) is 48.2 Å². The van der Waals surface area contributed by atoms with E-state index in [-0.39, 0.29) is 24.4 Å². The largest absolute Gasteiger partial charge is 0.496 e. The number of rotatable bonds is 11. The molecule has 0 atom stereocenters. The van der Waals surface area contributed by atoms with E-state index < -0.39 is 11.8 Å². The Bertz CT molecular complexity index is 1020. The molecular weight excluding hydrogens is 412 g/mol. The maximum absolute atomic E-state index is 13.3. The lowest BCUT2D eigenvalue weighted by Gasteiger charge is -2.15. The lowest BCUT2D eigenvalue weighted by molar-refractivity contribution is -0.137. The molecule has 1 aliphatic heterocycles. The van der Waals surface area contributed by atoms with E-state index in [9.17, 15) is 9.59 Å². The normalized spacial score (nSPS) is 13.6. The predicted octanol–water partition coefficient (Wildman–Crippen LogP) is 3.33. The molecule has 0 saturated heterocycles. The number of carbonyl (C=O) groups is 2. The molecule has 170 valence electrons. The van der Waals surface area contributed by atoms with Gasteiger partial charge in [-0.15, -0.1) is 0 Å². The molecule has 0 aliphatic carbocycles. The zero-order valence-corrected chi connectivity index (χ0v) is 18.8. The molecule has 2 amide bonds. The van der Waals surface area contributed by atoms with Gasteiger partial charge in [0.1, 0.15) is 11.4 Å². The molecule has 0 unspecified atom stereocenters. The van der Waals surface area contributed by atoms with Crippen molar-refractivity contribution in [1.82, 2.24) is 4.90 Å². The fourth-order valence-electron chi connectivity index (χ4n) is 3.45. The van der Waals surface area contributed by atoms with Crippen molar-refractivity contribution in [1.29, 1.82) is 0 Å². The van der Waals surface area contributed by atoms with Crippen molar-refractivity contribution >= 4 is 23.1 Å². The van der Waals surface area contributed by atoms with Crippen LogP contribution in [0.5, 0.6) is 17.2 Å². The van der Waals surface area contributed by atoms with Gasteiger partial charge in [-0.05, 0) is 32.0 Å². The van der Waals surface area contributed by atoms with Crippen molar-refractivity contribution in [3.05, 3.63) is 53.7 Å². The zero-order valence-electron chi connectivity index (χ0n) is 18.8. The summed E-state index contributed by atoms with van der Waals surface area (Å²) in [6.45, 7) is 5.11. The molecule has 8 heteroatoms. The lowest BCUT2D eigenvalue weighted by Crippen LogP contribution is -2.35. The van der Waals surface area contributed by atoms with E-state index in [1.54, 1.807) is 42.5 Å². The van der Waals surface area contributed by atoms with E-state index in [4.69, 9.17) is 18.9 Å². The fraction of sp³-hybridized carbons (Fsp3) is 0.333. The highest BCUT2D eigenvalue weighted by Gasteiger charge is 2.40. The summed E-state index contributed by atoms with van der Waals surface area (Å²) in [5.74, 6) is 0.814. The molecule has 0 bridgehead atoms. The molecule has 0 radical (unpaired) electrons. The third kappa shape index (κ3) is 4.70. The molecule has 0 aromatic heterocycles. The molecule has 2 aromatic rings. The number of nitrogens with zero attached hydrogens (tertiary/aromatic N) is 1. The van der Waals surface area contributed by atoms with E-state index in [1.165, 1.54) is 19.1 Å². The Morgan fingerprint density at radius 1 is 0.875 bits per heavy atom. The molecule has 3 rings (SSSR count). The Hall–Kier alpha value is -3.52. The summed E-state index contributed by atoms with van der Waals surface area (Å²) in [4.78, 5) is 27.6. The topological polar surface area (TPSA) is 86.3 Å². The van der Waals surface area contributed by atoms with Crippen molar-refractivity contribution in [2.75, 3.05) is 45.9 Å². The minimum atomic E-state index is -0.431. The summed E-state index contributed by atoms with van der Waals surface area (Å²) >= 11 is 0. The minimum absolute atomic E-state index is 0.144. The predicted molar refractivity (Wildman–Crippen MR) is 121 cm³/mol. The van der Waals surface area contributed by atoms with Crippen molar-refractivity contribution in [2.45, 2.75) is 13.8 Å². The van der Waals surface area contributed by atoms with Crippen LogP contribution in [0.1, 0.15) is 19.4 Å². The Morgan fingerprint density at radius 3 is 2.28 bits per heavy atom. The number of benzene rings is 2. The van der Waals surface area contributed by atoms with Crippen LogP contribution >= 0.6 is 0 Å². The van der Waals surface area contributed by atoms with E-state index in [1.807, 2.05) is 13.8 Å². The van der Waals surface area contributed by atoms with Crippen LogP contribution in [0.25, 0.3) is 5.57 Å². The first-order valence-corrected chi connectivity index (χ1v) is 10.4. The number of nitrogens with one attached hydrogen (secondary N) is 1. The quantitative estimate of drug-likeness (QED) is 0.537. The molecule has 0 saturated carbocycles. The van der Waals surface area contributed by atoms with E-state index >= 15 is 0 Å². The van der Waals surface area contributed by atoms with Crippen molar-refractivity contribution in [3.8, 4) is 17.2 Å². The Kier molecular flexibility index (Phi) is 7.72. The van der Waals surface area contributed by atoms with Gasteiger partial charge in [0.2, 0.25) is 0 Å². The average molecular weight is 440 g/mol. The summed E-state index contributed by atoms with van der Waals surface area (Å²) < 4.78 is 21.8. The first-order chi connectivity index (χ1) is 15.5. The van der Waals surface area contributed by atoms with Crippen LogP contribution in [0, 0.1) is 0 Å². The fourth-order valence-corrected chi connectivity index (χ4v) is 3.45. The maximum atomic E-state index is 13.3. The summed E-state index contributed by atoms with van der Waals surface area (Å²) in [6.07, 6.45) is 0. The van der Waals surface area contributed by atoms with Gasteiger partial charge < -0.3 is 24.3 Å². The molecule has 32 heavy (non-hydrogen) atoms. The molecule has 1 N–H and O–H groups in total. The van der Waals surface area contributed by atoms with Crippen LogP contribution in [-0.2, 0) is 14.3 Å². The Labute approximate surface area is 187 Å². The molecule has 0 fully saturated rings. The summed E-state index contributed by atoms with van der Waals surface area (Å²) in [5, 5.41) is 3.13. The second-order valence-corrected chi connectivity index (χ2v) is 6.86. The number of hydrogen-bond donors (Lipinski definition) is 1. The number of methoxy groups -OCH3 is 2. The monoisotopic (exact) mass is 440 g/mol. The van der Waals surface area contributed by atoms with E-state index in [2.05, 4.69) is 5.32 Å². The molecule has 2 aromatic carbocycles. The number of para-hydroxylation sites is 1. The molecule has 1 heterocycles. The lowest BCUT2D eigenvalue weighted by atomic mass is 10.0. The molecular formula is C24H28N2O6. The van der Waals surface area contributed by atoms with Gasteiger partial charge in [0, 0.05) is 24.4 Å². The van der Waals surface area contributed by atoms with Gasteiger partial charge in [-0.3, -0.25) is 14.5 Å². The first-order valence-electron chi connectivity index (χ1n) is 10.4. The van der Waals surface area contributed by atoms with Crippen molar-refractivity contribution in [2.24, 2.45) is 0 Å². The third-order valence-electron chi connectivity index (χ3n) is 4.88. The molecule has 0 spiro atoms. The smallest absolute Gasteiger partial charge is 0.278 e. The number of imide groups is 1. The Morgan fingerprint density at radius 2 is 1.59 bits per heavy atom. The number of ether oxygens (including phenoxy) is 4. The van der Waals surface area contributed by atoms with Gasteiger partial charge in [0.05, 0.1) is 39.0 Å². The second kappa shape index (κ2) is 10.7. The van der Waals surface area contributed by atoms with Gasteiger partial charge in [-0.1, -0.05) is 18.2 Å². The number of amides is 2. The molecule has 8 nitrogen and oxygen atoms in total. The van der Waals surface area contributed by atoms with Gasteiger partial charge in [0.15, 0.2) is 11.5 Å².